The van der Waals surface area contributed by atoms with E-state index in [2.05, 4.69) is 5.32 Å². The third-order valence-electron chi connectivity index (χ3n) is 2.04. The van der Waals surface area contributed by atoms with Crippen molar-refractivity contribution in [2.45, 2.75) is 33.0 Å². The summed E-state index contributed by atoms with van der Waals surface area (Å²) >= 11 is 0. The molecule has 1 aromatic carbocycles. The van der Waals surface area contributed by atoms with Crippen LogP contribution < -0.4 is 11.1 Å². The number of benzene rings is 1. The molecule has 0 saturated carbocycles. The fraction of sp³-hybridized carbons (Fsp3) is 0.417. The number of hydrogen-bond acceptors (Lipinski definition) is 3. The van der Waals surface area contributed by atoms with E-state index < -0.39 is 6.09 Å². The van der Waals surface area contributed by atoms with E-state index in [0.717, 1.165) is 11.1 Å². The highest BCUT2D eigenvalue weighted by atomic mass is 16.5. The van der Waals surface area contributed by atoms with Gasteiger partial charge in [0.05, 0.1) is 0 Å². The van der Waals surface area contributed by atoms with Crippen LogP contribution in [0.25, 0.3) is 0 Å². The van der Waals surface area contributed by atoms with Crippen LogP contribution in [-0.4, -0.2) is 12.1 Å². The number of nitrogens with two attached hydrogens (primary N) is 1. The molecule has 16 heavy (non-hydrogen) atoms. The maximum absolute atomic E-state index is 11.2. The number of carbonyl (C=O) groups is 1. The molecule has 0 fully saturated rings. The average molecular weight is 222 g/mol. The molecule has 0 aliphatic rings. The first-order valence-electron chi connectivity index (χ1n) is 5.33. The fourth-order valence-electron chi connectivity index (χ4n) is 1.20. The third-order valence-corrected chi connectivity index (χ3v) is 2.04. The summed E-state index contributed by atoms with van der Waals surface area (Å²) in [6, 6.07) is 7.76. The summed E-state index contributed by atoms with van der Waals surface area (Å²) in [4.78, 5) is 11.2. The summed E-state index contributed by atoms with van der Waals surface area (Å²) in [6.07, 6.45) is -0.391. The van der Waals surface area contributed by atoms with Crippen molar-refractivity contribution in [2.75, 3.05) is 0 Å². The SMILES string of the molecule is CC(C)NC(=O)OCc1ccc(CN)cc1. The van der Waals surface area contributed by atoms with E-state index in [4.69, 9.17) is 10.5 Å². The van der Waals surface area contributed by atoms with Gasteiger partial charge in [-0.15, -0.1) is 0 Å². The number of nitrogens with one attached hydrogen (secondary N) is 1. The molecule has 0 spiro atoms. The average Bonchev–Trinajstić information content (AvgIpc) is 2.26. The Balaban J connectivity index is 2.39. The van der Waals surface area contributed by atoms with E-state index >= 15 is 0 Å². The van der Waals surface area contributed by atoms with Crippen molar-refractivity contribution in [1.29, 1.82) is 0 Å². The van der Waals surface area contributed by atoms with Crippen molar-refractivity contribution in [3.8, 4) is 0 Å². The normalized spacial score (nSPS) is 10.2. The van der Waals surface area contributed by atoms with Gasteiger partial charge in [0.15, 0.2) is 0 Å². The zero-order valence-electron chi connectivity index (χ0n) is 9.69. The molecule has 0 unspecified atom stereocenters. The first-order chi connectivity index (χ1) is 7.61. The van der Waals surface area contributed by atoms with Gasteiger partial charge in [-0.3, -0.25) is 0 Å². The van der Waals surface area contributed by atoms with E-state index in [-0.39, 0.29) is 12.6 Å². The maximum atomic E-state index is 11.2. The van der Waals surface area contributed by atoms with Crippen LogP contribution in [0.2, 0.25) is 0 Å². The minimum atomic E-state index is -0.391. The van der Waals surface area contributed by atoms with Gasteiger partial charge in [-0.25, -0.2) is 4.79 Å². The van der Waals surface area contributed by atoms with Crippen LogP contribution in [0.1, 0.15) is 25.0 Å². The molecule has 0 aromatic heterocycles. The number of hydrogen-bond donors (Lipinski definition) is 2. The van der Waals surface area contributed by atoms with Crippen molar-refractivity contribution in [3.05, 3.63) is 35.4 Å². The van der Waals surface area contributed by atoms with Crippen molar-refractivity contribution in [3.63, 3.8) is 0 Å². The molecule has 1 rings (SSSR count). The van der Waals surface area contributed by atoms with Crippen LogP contribution in [0, 0.1) is 0 Å². The summed E-state index contributed by atoms with van der Waals surface area (Å²) < 4.78 is 5.03. The Bertz CT molecular complexity index is 333. The first-order valence-corrected chi connectivity index (χ1v) is 5.33. The molecule has 4 heteroatoms. The predicted octanol–water partition coefficient (Wildman–Crippen LogP) is 1.78. The number of rotatable bonds is 4. The summed E-state index contributed by atoms with van der Waals surface area (Å²) in [5.74, 6) is 0. The van der Waals surface area contributed by atoms with Crippen LogP contribution in [0.5, 0.6) is 0 Å². The van der Waals surface area contributed by atoms with Gasteiger partial charge < -0.3 is 15.8 Å². The van der Waals surface area contributed by atoms with Crippen LogP contribution in [0.3, 0.4) is 0 Å². The van der Waals surface area contributed by atoms with Crippen molar-refractivity contribution in [2.24, 2.45) is 5.73 Å². The van der Waals surface area contributed by atoms with Crippen molar-refractivity contribution in [1.82, 2.24) is 5.32 Å². The van der Waals surface area contributed by atoms with Crippen LogP contribution in [0.4, 0.5) is 4.79 Å². The van der Waals surface area contributed by atoms with Gasteiger partial charge in [0.2, 0.25) is 0 Å². The second-order valence-electron chi connectivity index (χ2n) is 3.90. The molecule has 88 valence electrons. The lowest BCUT2D eigenvalue weighted by molar-refractivity contribution is 0.137. The lowest BCUT2D eigenvalue weighted by Gasteiger charge is -2.09. The van der Waals surface area contributed by atoms with E-state index in [9.17, 15) is 4.79 Å². The molecule has 0 heterocycles. The van der Waals surface area contributed by atoms with E-state index in [1.807, 2.05) is 38.1 Å². The standard InChI is InChI=1S/C12H18N2O2/c1-9(2)14-12(15)16-8-11-5-3-10(7-13)4-6-11/h3-6,9H,7-8,13H2,1-2H3,(H,14,15). The Hall–Kier alpha value is -1.55. The summed E-state index contributed by atoms with van der Waals surface area (Å²) in [7, 11) is 0. The number of ether oxygens (including phenoxy) is 1. The Morgan fingerprint density at radius 3 is 2.38 bits per heavy atom. The summed E-state index contributed by atoms with van der Waals surface area (Å²) in [5, 5.41) is 2.65. The highest BCUT2D eigenvalue weighted by Gasteiger charge is 2.03. The first kappa shape index (κ1) is 12.5. The quantitative estimate of drug-likeness (QED) is 0.816. The van der Waals surface area contributed by atoms with E-state index in [1.54, 1.807) is 0 Å². The van der Waals surface area contributed by atoms with Gasteiger partial charge in [0.25, 0.3) is 0 Å². The lowest BCUT2D eigenvalue weighted by atomic mass is 10.1. The molecular weight excluding hydrogens is 204 g/mol. The van der Waals surface area contributed by atoms with Gasteiger partial charge in [0, 0.05) is 12.6 Å². The number of carbonyl (C=O) groups excluding carboxylic acids is 1. The number of alkyl carbamates (subject to hydrolysis) is 1. The second kappa shape index (κ2) is 6.12. The Morgan fingerprint density at radius 2 is 1.88 bits per heavy atom. The highest BCUT2D eigenvalue weighted by molar-refractivity contribution is 5.67. The number of amides is 1. The molecule has 0 saturated heterocycles. The van der Waals surface area contributed by atoms with Crippen LogP contribution in [0.15, 0.2) is 24.3 Å². The second-order valence-corrected chi connectivity index (χ2v) is 3.90. The van der Waals surface area contributed by atoms with E-state index in [0.29, 0.717) is 6.54 Å². The van der Waals surface area contributed by atoms with Gasteiger partial charge in [-0.1, -0.05) is 24.3 Å². The molecule has 0 atom stereocenters. The zero-order chi connectivity index (χ0) is 12.0. The largest absolute Gasteiger partial charge is 0.445 e. The van der Waals surface area contributed by atoms with Gasteiger partial charge in [-0.2, -0.15) is 0 Å². The fourth-order valence-corrected chi connectivity index (χ4v) is 1.20. The third kappa shape index (κ3) is 4.31. The van der Waals surface area contributed by atoms with Crippen LogP contribution >= 0.6 is 0 Å². The Kier molecular flexibility index (Phi) is 4.79. The molecular formula is C12H18N2O2. The Labute approximate surface area is 95.8 Å². The van der Waals surface area contributed by atoms with Gasteiger partial charge in [0.1, 0.15) is 6.61 Å². The molecule has 1 aromatic rings. The van der Waals surface area contributed by atoms with Gasteiger partial charge >= 0.3 is 6.09 Å². The maximum Gasteiger partial charge on any atom is 0.407 e. The molecule has 0 aliphatic heterocycles. The molecule has 3 N–H and O–H groups in total. The summed E-state index contributed by atoms with van der Waals surface area (Å²) in [5.41, 5.74) is 7.50. The topological polar surface area (TPSA) is 64.3 Å². The minimum Gasteiger partial charge on any atom is -0.445 e. The molecule has 0 radical (unpaired) electrons. The van der Waals surface area contributed by atoms with Crippen molar-refractivity contribution < 1.29 is 9.53 Å². The summed E-state index contributed by atoms with van der Waals surface area (Å²) in [6.45, 7) is 4.58. The van der Waals surface area contributed by atoms with Crippen molar-refractivity contribution >= 4 is 6.09 Å². The minimum absolute atomic E-state index is 0.0899. The van der Waals surface area contributed by atoms with Gasteiger partial charge in [-0.05, 0) is 25.0 Å². The smallest absolute Gasteiger partial charge is 0.407 e. The monoisotopic (exact) mass is 222 g/mol. The zero-order valence-corrected chi connectivity index (χ0v) is 9.69. The Morgan fingerprint density at radius 1 is 1.31 bits per heavy atom. The lowest BCUT2D eigenvalue weighted by Crippen LogP contribution is -2.30. The van der Waals surface area contributed by atoms with E-state index in [1.165, 1.54) is 0 Å². The molecule has 1 amide bonds. The predicted molar refractivity (Wildman–Crippen MR) is 62.8 cm³/mol. The molecule has 0 aliphatic carbocycles. The molecule has 4 nitrogen and oxygen atoms in total. The highest BCUT2D eigenvalue weighted by Crippen LogP contribution is 2.05. The molecule has 0 bridgehead atoms. The van der Waals surface area contributed by atoms with Crippen LogP contribution in [-0.2, 0) is 17.9 Å².